The minimum absolute atomic E-state index is 0.0218. The summed E-state index contributed by atoms with van der Waals surface area (Å²) in [6, 6.07) is 7.28. The van der Waals surface area contributed by atoms with Gasteiger partial charge in [-0.3, -0.25) is 0 Å². The molecule has 5 nitrogen and oxygen atoms in total. The highest BCUT2D eigenvalue weighted by Gasteiger charge is 2.15. The maximum Gasteiger partial charge on any atom is 0.315 e. The fourth-order valence-corrected chi connectivity index (χ4v) is 1.94. The largest absolute Gasteiger partial charge is 0.491 e. The molecule has 0 fully saturated rings. The van der Waals surface area contributed by atoms with E-state index >= 15 is 0 Å². The van der Waals surface area contributed by atoms with Gasteiger partial charge in [-0.05, 0) is 51.3 Å². The van der Waals surface area contributed by atoms with Gasteiger partial charge in [-0.15, -0.1) is 0 Å². The second-order valence-electron chi connectivity index (χ2n) is 6.02. The number of aliphatic hydroxyl groups excluding tert-OH is 1. The Morgan fingerprint density at radius 3 is 2.18 bits per heavy atom. The average Bonchev–Trinajstić information content (AvgIpc) is 2.46. The van der Waals surface area contributed by atoms with Crippen LogP contribution in [0.3, 0.4) is 0 Å². The van der Waals surface area contributed by atoms with E-state index < -0.39 is 0 Å². The van der Waals surface area contributed by atoms with Crippen molar-refractivity contribution < 1.29 is 14.6 Å². The molecule has 1 aromatic rings. The number of hydrogen-bond donors (Lipinski definition) is 3. The molecule has 3 atom stereocenters. The zero-order chi connectivity index (χ0) is 16.7. The molecule has 0 bridgehead atoms. The molecule has 3 N–H and O–H groups in total. The van der Waals surface area contributed by atoms with Gasteiger partial charge < -0.3 is 20.5 Å². The minimum atomic E-state index is -0.234. The molecule has 2 amide bonds. The van der Waals surface area contributed by atoms with E-state index in [-0.39, 0.29) is 36.7 Å². The second-order valence-corrected chi connectivity index (χ2v) is 6.02. The Kier molecular flexibility index (Phi) is 7.18. The third-order valence-electron chi connectivity index (χ3n) is 3.60. The maximum atomic E-state index is 11.9. The molecule has 0 aromatic heterocycles. The van der Waals surface area contributed by atoms with Gasteiger partial charge in [-0.1, -0.05) is 19.1 Å². The van der Waals surface area contributed by atoms with Crippen LogP contribution in [0.5, 0.6) is 5.75 Å². The first-order chi connectivity index (χ1) is 10.3. The van der Waals surface area contributed by atoms with Crippen molar-refractivity contribution in [3.8, 4) is 5.75 Å². The standard InChI is InChI=1S/C17H28N2O3/c1-11(2)22-16-8-6-15(7-9-16)14(5)19-17(21)18-13(4)12(3)10-20/h6-9,11-14,20H,10H2,1-5H3,(H2,18,19,21). The molecule has 0 saturated heterocycles. The number of aliphatic hydroxyl groups is 1. The summed E-state index contributed by atoms with van der Waals surface area (Å²) in [6.45, 7) is 9.71. The first kappa shape index (κ1) is 18.3. The molecule has 0 aliphatic carbocycles. The van der Waals surface area contributed by atoms with Crippen LogP contribution in [0.15, 0.2) is 24.3 Å². The normalized spacial score (nSPS) is 15.0. The predicted molar refractivity (Wildman–Crippen MR) is 88.0 cm³/mol. The summed E-state index contributed by atoms with van der Waals surface area (Å²) in [5.41, 5.74) is 1.01. The van der Waals surface area contributed by atoms with Gasteiger partial charge in [-0.25, -0.2) is 4.79 Å². The molecular formula is C17H28N2O3. The Balaban J connectivity index is 2.53. The molecule has 0 heterocycles. The number of amides is 2. The van der Waals surface area contributed by atoms with Gasteiger partial charge in [0.25, 0.3) is 0 Å². The van der Waals surface area contributed by atoms with Crippen LogP contribution in [0, 0.1) is 5.92 Å². The smallest absolute Gasteiger partial charge is 0.315 e. The van der Waals surface area contributed by atoms with Crippen molar-refractivity contribution in [2.24, 2.45) is 5.92 Å². The van der Waals surface area contributed by atoms with Crippen LogP contribution in [0.25, 0.3) is 0 Å². The summed E-state index contributed by atoms with van der Waals surface area (Å²) in [4.78, 5) is 11.9. The number of carbonyl (C=O) groups excluding carboxylic acids is 1. The van der Waals surface area contributed by atoms with E-state index in [0.717, 1.165) is 11.3 Å². The van der Waals surface area contributed by atoms with Crippen molar-refractivity contribution in [3.05, 3.63) is 29.8 Å². The van der Waals surface area contributed by atoms with Crippen molar-refractivity contribution >= 4 is 6.03 Å². The Morgan fingerprint density at radius 1 is 1.09 bits per heavy atom. The fraction of sp³-hybridized carbons (Fsp3) is 0.588. The lowest BCUT2D eigenvalue weighted by Gasteiger charge is -2.22. The lowest BCUT2D eigenvalue weighted by atomic mass is 10.1. The van der Waals surface area contributed by atoms with Crippen molar-refractivity contribution in [1.82, 2.24) is 10.6 Å². The summed E-state index contributed by atoms with van der Waals surface area (Å²) < 4.78 is 5.60. The first-order valence-corrected chi connectivity index (χ1v) is 7.78. The summed E-state index contributed by atoms with van der Waals surface area (Å²) in [6.07, 6.45) is 0.141. The van der Waals surface area contributed by atoms with E-state index in [9.17, 15) is 4.79 Å². The maximum absolute atomic E-state index is 11.9. The fourth-order valence-electron chi connectivity index (χ4n) is 1.94. The number of rotatable bonds is 7. The van der Waals surface area contributed by atoms with Crippen molar-refractivity contribution in [2.45, 2.75) is 52.8 Å². The zero-order valence-electron chi connectivity index (χ0n) is 14.1. The molecule has 0 saturated carbocycles. The summed E-state index contributed by atoms with van der Waals surface area (Å²) in [5.74, 6) is 0.842. The monoisotopic (exact) mass is 308 g/mol. The molecule has 0 radical (unpaired) electrons. The second kappa shape index (κ2) is 8.63. The number of nitrogens with one attached hydrogen (secondary N) is 2. The van der Waals surface area contributed by atoms with Gasteiger partial charge in [0.2, 0.25) is 0 Å². The topological polar surface area (TPSA) is 70.6 Å². The van der Waals surface area contributed by atoms with Crippen LogP contribution in [0.2, 0.25) is 0 Å². The van der Waals surface area contributed by atoms with Gasteiger partial charge in [-0.2, -0.15) is 0 Å². The van der Waals surface area contributed by atoms with Crippen LogP contribution < -0.4 is 15.4 Å². The highest BCUT2D eigenvalue weighted by molar-refractivity contribution is 5.74. The number of carbonyl (C=O) groups is 1. The molecule has 1 aromatic carbocycles. The van der Waals surface area contributed by atoms with Crippen LogP contribution in [-0.2, 0) is 0 Å². The number of hydrogen-bond acceptors (Lipinski definition) is 3. The third kappa shape index (κ3) is 5.93. The quantitative estimate of drug-likeness (QED) is 0.725. The first-order valence-electron chi connectivity index (χ1n) is 7.78. The van der Waals surface area contributed by atoms with E-state index in [4.69, 9.17) is 9.84 Å². The zero-order valence-corrected chi connectivity index (χ0v) is 14.1. The van der Waals surface area contributed by atoms with Gasteiger partial charge in [0.1, 0.15) is 5.75 Å². The van der Waals surface area contributed by atoms with Crippen LogP contribution in [0.1, 0.15) is 46.2 Å². The van der Waals surface area contributed by atoms with Crippen molar-refractivity contribution in [3.63, 3.8) is 0 Å². The van der Waals surface area contributed by atoms with E-state index in [2.05, 4.69) is 10.6 Å². The van der Waals surface area contributed by atoms with E-state index in [1.807, 2.05) is 58.9 Å². The van der Waals surface area contributed by atoms with Crippen molar-refractivity contribution in [1.29, 1.82) is 0 Å². The molecular weight excluding hydrogens is 280 g/mol. The van der Waals surface area contributed by atoms with Crippen LogP contribution in [-0.4, -0.2) is 29.9 Å². The molecule has 5 heteroatoms. The summed E-state index contributed by atoms with van der Waals surface area (Å²) in [5, 5.41) is 14.8. The predicted octanol–water partition coefficient (Wildman–Crippen LogP) is 2.85. The third-order valence-corrected chi connectivity index (χ3v) is 3.60. The van der Waals surface area contributed by atoms with E-state index in [0.29, 0.717) is 0 Å². The van der Waals surface area contributed by atoms with Crippen LogP contribution in [0.4, 0.5) is 4.79 Å². The van der Waals surface area contributed by atoms with Gasteiger partial charge in [0.05, 0.1) is 12.1 Å². The SMILES string of the molecule is CC(C)Oc1ccc(C(C)NC(=O)NC(C)C(C)CO)cc1. The Labute approximate surface area is 133 Å². The van der Waals surface area contributed by atoms with Gasteiger partial charge in [0, 0.05) is 12.6 Å². The van der Waals surface area contributed by atoms with Gasteiger partial charge >= 0.3 is 6.03 Å². The Bertz CT molecular complexity index is 459. The summed E-state index contributed by atoms with van der Waals surface area (Å²) in [7, 11) is 0. The average molecular weight is 308 g/mol. The lowest BCUT2D eigenvalue weighted by molar-refractivity contribution is 0.199. The number of urea groups is 1. The Morgan fingerprint density at radius 2 is 1.68 bits per heavy atom. The van der Waals surface area contributed by atoms with E-state index in [1.54, 1.807) is 0 Å². The molecule has 0 spiro atoms. The summed E-state index contributed by atoms with van der Waals surface area (Å²) >= 11 is 0. The van der Waals surface area contributed by atoms with E-state index in [1.165, 1.54) is 0 Å². The molecule has 0 aliphatic rings. The van der Waals surface area contributed by atoms with Gasteiger partial charge in [0.15, 0.2) is 0 Å². The minimum Gasteiger partial charge on any atom is -0.491 e. The van der Waals surface area contributed by atoms with Crippen LogP contribution >= 0.6 is 0 Å². The van der Waals surface area contributed by atoms with Crippen molar-refractivity contribution in [2.75, 3.05) is 6.61 Å². The molecule has 0 aliphatic heterocycles. The molecule has 3 unspecified atom stereocenters. The number of ether oxygens (including phenoxy) is 1. The molecule has 1 rings (SSSR count). The highest BCUT2D eigenvalue weighted by atomic mass is 16.5. The highest BCUT2D eigenvalue weighted by Crippen LogP contribution is 2.18. The Hall–Kier alpha value is -1.75. The lowest BCUT2D eigenvalue weighted by Crippen LogP contribution is -2.44. The molecule has 124 valence electrons. The number of benzene rings is 1. The molecule has 22 heavy (non-hydrogen) atoms.